The summed E-state index contributed by atoms with van der Waals surface area (Å²) in [4.78, 5) is 21.2. The minimum absolute atomic E-state index is 0.0776. The molecule has 0 spiro atoms. The molecule has 0 heterocycles. The summed E-state index contributed by atoms with van der Waals surface area (Å²) in [7, 11) is 0. The normalized spacial score (nSPS) is 11.6. The van der Waals surface area contributed by atoms with E-state index < -0.39 is 11.0 Å². The highest BCUT2D eigenvalue weighted by atomic mass is 35.5. The number of non-ortho nitro benzene ring substituents is 1. The van der Waals surface area contributed by atoms with Gasteiger partial charge in [-0.05, 0) is 18.2 Å². The number of nitrogens with one attached hydrogen (secondary N) is 1. The fourth-order valence-electron chi connectivity index (χ4n) is 2.15. The van der Waals surface area contributed by atoms with Crippen molar-refractivity contribution in [1.82, 2.24) is 5.32 Å². The summed E-state index contributed by atoms with van der Waals surface area (Å²) in [5.74, 6) is 0.417. The number of hydrogen-bond donors (Lipinski definition) is 2. The van der Waals surface area contributed by atoms with Gasteiger partial charge in [-0.25, -0.2) is 4.79 Å². The highest BCUT2D eigenvalue weighted by Crippen LogP contribution is 2.35. The maximum atomic E-state index is 11.0. The minimum Gasteiger partial charge on any atom is -0.465 e. The van der Waals surface area contributed by atoms with Gasteiger partial charge in [0.1, 0.15) is 11.5 Å². The molecule has 0 radical (unpaired) electrons. The average Bonchev–Trinajstić information content (AvgIpc) is 2.56. The first kappa shape index (κ1) is 18.8. The maximum absolute atomic E-state index is 11.0. The molecule has 0 aliphatic heterocycles. The number of halogens is 2. The number of carboxylic acid groups (broad SMARTS) is 1. The van der Waals surface area contributed by atoms with Gasteiger partial charge in [-0.1, -0.05) is 30.1 Å². The lowest BCUT2D eigenvalue weighted by Crippen LogP contribution is -2.25. The maximum Gasteiger partial charge on any atom is 0.404 e. The molecule has 1 atom stereocenters. The van der Waals surface area contributed by atoms with E-state index in [4.69, 9.17) is 33.0 Å². The summed E-state index contributed by atoms with van der Waals surface area (Å²) in [6.45, 7) is 1.81. The summed E-state index contributed by atoms with van der Waals surface area (Å²) in [6.07, 6.45) is -1.18. The third-order valence-electron chi connectivity index (χ3n) is 3.41. The molecule has 0 bridgehead atoms. The summed E-state index contributed by atoms with van der Waals surface area (Å²) < 4.78 is 5.77. The third kappa shape index (κ3) is 4.98. The Labute approximate surface area is 153 Å². The second-order valence-electron chi connectivity index (χ2n) is 5.24. The van der Waals surface area contributed by atoms with Crippen LogP contribution < -0.4 is 10.1 Å². The first-order chi connectivity index (χ1) is 11.8. The highest BCUT2D eigenvalue weighted by molar-refractivity contribution is 6.42. The largest absolute Gasteiger partial charge is 0.465 e. The molecule has 0 saturated carbocycles. The Hall–Kier alpha value is -2.51. The summed E-state index contributed by atoms with van der Waals surface area (Å²) in [6, 6.07) is 8.84. The average molecular weight is 385 g/mol. The Kier molecular flexibility index (Phi) is 6.06. The predicted octanol–water partition coefficient (Wildman–Crippen LogP) is 5.07. The Morgan fingerprint density at radius 3 is 2.60 bits per heavy atom. The molecule has 1 unspecified atom stereocenters. The molecule has 0 aliphatic carbocycles. The van der Waals surface area contributed by atoms with E-state index >= 15 is 0 Å². The molecule has 2 rings (SSSR count). The van der Waals surface area contributed by atoms with Crippen LogP contribution in [0.2, 0.25) is 10.0 Å². The van der Waals surface area contributed by atoms with Gasteiger partial charge in [0.15, 0.2) is 0 Å². The number of amides is 1. The number of rotatable bonds is 6. The highest BCUT2D eigenvalue weighted by Gasteiger charge is 2.18. The van der Waals surface area contributed by atoms with Gasteiger partial charge in [0.25, 0.3) is 5.69 Å². The number of ether oxygens (including phenoxy) is 1. The van der Waals surface area contributed by atoms with Crippen LogP contribution in [-0.2, 0) is 0 Å². The van der Waals surface area contributed by atoms with E-state index in [1.54, 1.807) is 19.1 Å². The molecule has 2 N–H and O–H groups in total. The molecule has 25 heavy (non-hydrogen) atoms. The molecule has 1 amide bonds. The molecular weight excluding hydrogens is 371 g/mol. The summed E-state index contributed by atoms with van der Waals surface area (Å²) in [5, 5.41) is 22.7. The first-order valence-corrected chi connectivity index (χ1v) is 7.91. The van der Waals surface area contributed by atoms with Crippen molar-refractivity contribution in [2.24, 2.45) is 0 Å². The van der Waals surface area contributed by atoms with Crippen LogP contribution in [0.15, 0.2) is 36.4 Å². The van der Waals surface area contributed by atoms with Crippen LogP contribution in [-0.4, -0.2) is 22.7 Å². The number of benzene rings is 2. The second kappa shape index (κ2) is 8.04. The van der Waals surface area contributed by atoms with Crippen LogP contribution in [0, 0.1) is 10.1 Å². The van der Waals surface area contributed by atoms with Crippen molar-refractivity contribution >= 4 is 35.0 Å². The van der Waals surface area contributed by atoms with Crippen LogP contribution >= 0.6 is 23.2 Å². The summed E-state index contributed by atoms with van der Waals surface area (Å²) in [5.41, 5.74) is 0.382. The van der Waals surface area contributed by atoms with E-state index in [0.29, 0.717) is 27.1 Å². The Morgan fingerprint density at radius 2 is 2.00 bits per heavy atom. The lowest BCUT2D eigenvalue weighted by molar-refractivity contribution is -0.384. The van der Waals surface area contributed by atoms with Crippen LogP contribution in [0.25, 0.3) is 0 Å². The molecule has 0 fully saturated rings. The zero-order chi connectivity index (χ0) is 18.6. The molecular formula is C16H14Cl2N2O5. The third-order valence-corrected chi connectivity index (χ3v) is 4.15. The van der Waals surface area contributed by atoms with Crippen molar-refractivity contribution in [3.8, 4) is 11.5 Å². The van der Waals surface area contributed by atoms with Crippen molar-refractivity contribution in [1.29, 1.82) is 0 Å². The van der Waals surface area contributed by atoms with Gasteiger partial charge in [-0.2, -0.15) is 0 Å². The van der Waals surface area contributed by atoms with Crippen LogP contribution in [0.1, 0.15) is 18.4 Å². The van der Waals surface area contributed by atoms with E-state index in [0.717, 1.165) is 0 Å². The van der Waals surface area contributed by atoms with Crippen molar-refractivity contribution < 1.29 is 19.6 Å². The predicted molar refractivity (Wildman–Crippen MR) is 94.1 cm³/mol. The fourth-order valence-corrected chi connectivity index (χ4v) is 2.43. The SMILES string of the molecule is CC(CNC(=O)O)c1cc([N+](=O)[O-])ccc1Oc1ccc(Cl)c(Cl)c1. The van der Waals surface area contributed by atoms with Crippen LogP contribution in [0.4, 0.5) is 10.5 Å². The zero-order valence-electron chi connectivity index (χ0n) is 13.0. The summed E-state index contributed by atoms with van der Waals surface area (Å²) >= 11 is 11.8. The quantitative estimate of drug-likeness (QED) is 0.534. The van der Waals surface area contributed by atoms with E-state index in [2.05, 4.69) is 5.32 Å². The smallest absolute Gasteiger partial charge is 0.404 e. The lowest BCUT2D eigenvalue weighted by atomic mass is 9.99. The topological polar surface area (TPSA) is 102 Å². The number of nitrogens with zero attached hydrogens (tertiary/aromatic N) is 1. The molecule has 0 saturated heterocycles. The van der Waals surface area contributed by atoms with E-state index in [1.165, 1.54) is 24.3 Å². The Bertz CT molecular complexity index is 813. The van der Waals surface area contributed by atoms with Crippen molar-refractivity contribution in [3.63, 3.8) is 0 Å². The minimum atomic E-state index is -1.18. The van der Waals surface area contributed by atoms with Crippen LogP contribution in [0.3, 0.4) is 0 Å². The molecule has 0 aromatic heterocycles. The van der Waals surface area contributed by atoms with Crippen LogP contribution in [0.5, 0.6) is 11.5 Å². The molecule has 9 heteroatoms. The molecule has 2 aromatic rings. The van der Waals surface area contributed by atoms with E-state index in [9.17, 15) is 14.9 Å². The lowest BCUT2D eigenvalue weighted by Gasteiger charge is -2.17. The van der Waals surface area contributed by atoms with Gasteiger partial charge in [-0.15, -0.1) is 0 Å². The molecule has 7 nitrogen and oxygen atoms in total. The Morgan fingerprint density at radius 1 is 1.28 bits per heavy atom. The number of nitro groups is 1. The zero-order valence-corrected chi connectivity index (χ0v) is 14.5. The van der Waals surface area contributed by atoms with Crippen molar-refractivity contribution in [2.75, 3.05) is 6.54 Å². The Balaban J connectivity index is 2.36. The standard InChI is InChI=1S/C16H14Cl2N2O5/c1-9(8-19-16(21)22)12-6-10(20(23)24)2-5-15(12)25-11-3-4-13(17)14(18)7-11/h2-7,9,19H,8H2,1H3,(H,21,22). The van der Waals surface area contributed by atoms with Crippen molar-refractivity contribution in [3.05, 3.63) is 62.1 Å². The molecule has 0 aliphatic rings. The van der Waals surface area contributed by atoms with E-state index in [-0.39, 0.29) is 18.2 Å². The monoisotopic (exact) mass is 384 g/mol. The van der Waals surface area contributed by atoms with Gasteiger partial charge >= 0.3 is 6.09 Å². The fraction of sp³-hybridized carbons (Fsp3) is 0.188. The van der Waals surface area contributed by atoms with Gasteiger partial charge < -0.3 is 15.2 Å². The van der Waals surface area contributed by atoms with Gasteiger partial charge in [0.2, 0.25) is 0 Å². The second-order valence-corrected chi connectivity index (χ2v) is 6.06. The van der Waals surface area contributed by atoms with Crippen molar-refractivity contribution in [2.45, 2.75) is 12.8 Å². The number of nitro benzene ring substituents is 1. The first-order valence-electron chi connectivity index (χ1n) is 7.16. The molecule has 132 valence electrons. The van der Waals surface area contributed by atoms with Gasteiger partial charge in [-0.3, -0.25) is 10.1 Å². The van der Waals surface area contributed by atoms with E-state index in [1.807, 2.05) is 0 Å². The van der Waals surface area contributed by atoms with Gasteiger partial charge in [0, 0.05) is 36.2 Å². The van der Waals surface area contributed by atoms with Gasteiger partial charge in [0.05, 0.1) is 15.0 Å². The number of hydrogen-bond acceptors (Lipinski definition) is 4. The molecule has 2 aromatic carbocycles. The number of carbonyl (C=O) groups is 1.